The Morgan fingerprint density at radius 3 is 2.45 bits per heavy atom. The Balaban J connectivity index is 1.61. The summed E-state index contributed by atoms with van der Waals surface area (Å²) in [5, 5.41) is 5.95. The molecule has 0 spiro atoms. The molecule has 0 saturated carbocycles. The Morgan fingerprint density at radius 2 is 1.76 bits per heavy atom. The smallest absolute Gasteiger partial charge is 0.251 e. The highest BCUT2D eigenvalue weighted by Crippen LogP contribution is 2.39. The van der Waals surface area contributed by atoms with Crippen LogP contribution in [0.2, 0.25) is 0 Å². The Morgan fingerprint density at radius 1 is 1.00 bits per heavy atom. The second kappa shape index (κ2) is 8.38. The molecule has 1 fully saturated rings. The van der Waals surface area contributed by atoms with Crippen molar-refractivity contribution in [2.24, 2.45) is 0 Å². The van der Waals surface area contributed by atoms with E-state index in [1.165, 1.54) is 35.4 Å². The first-order valence-electron chi connectivity index (χ1n) is 10.5. The summed E-state index contributed by atoms with van der Waals surface area (Å²) in [6.45, 7) is 0.822. The maximum atomic E-state index is 13.7. The predicted molar refractivity (Wildman–Crippen MR) is 117 cm³/mol. The number of benzene rings is 2. The van der Waals surface area contributed by atoms with E-state index in [9.17, 15) is 18.8 Å². The molecule has 0 bridgehead atoms. The Hall–Kier alpha value is -4.20. The van der Waals surface area contributed by atoms with Gasteiger partial charge in [0.1, 0.15) is 23.4 Å². The average Bonchev–Trinajstić information content (AvgIpc) is 3.54. The maximum Gasteiger partial charge on any atom is 0.251 e. The zero-order valence-electron chi connectivity index (χ0n) is 17.5. The highest BCUT2D eigenvalue weighted by Gasteiger charge is 2.48. The third-order valence-corrected chi connectivity index (χ3v) is 5.85. The van der Waals surface area contributed by atoms with Crippen molar-refractivity contribution < 1.29 is 23.2 Å². The van der Waals surface area contributed by atoms with Crippen LogP contribution in [0.5, 0.6) is 0 Å². The van der Waals surface area contributed by atoms with Crippen LogP contribution in [-0.4, -0.2) is 41.6 Å². The van der Waals surface area contributed by atoms with Gasteiger partial charge in [0.15, 0.2) is 5.78 Å². The van der Waals surface area contributed by atoms with E-state index in [4.69, 9.17) is 4.42 Å². The summed E-state index contributed by atoms with van der Waals surface area (Å²) >= 11 is 0. The normalized spacial score (nSPS) is 19.8. The van der Waals surface area contributed by atoms with Crippen molar-refractivity contribution >= 4 is 17.6 Å². The topological polar surface area (TPSA) is 91.7 Å². The lowest BCUT2D eigenvalue weighted by Crippen LogP contribution is -2.55. The second-order valence-corrected chi connectivity index (χ2v) is 7.83. The van der Waals surface area contributed by atoms with Gasteiger partial charge < -0.3 is 15.1 Å². The van der Waals surface area contributed by atoms with Crippen molar-refractivity contribution in [1.29, 1.82) is 0 Å². The largest absolute Gasteiger partial charge is 0.469 e. The van der Waals surface area contributed by atoms with Crippen LogP contribution in [0.3, 0.4) is 0 Å². The van der Waals surface area contributed by atoms with E-state index in [2.05, 4.69) is 10.6 Å². The molecule has 1 aromatic heterocycles. The average molecular weight is 445 g/mol. The van der Waals surface area contributed by atoms with Gasteiger partial charge in [-0.3, -0.25) is 19.3 Å². The number of hydrogen-bond acceptors (Lipinski definition) is 5. The summed E-state index contributed by atoms with van der Waals surface area (Å²) in [7, 11) is 0. The molecule has 2 unspecified atom stereocenters. The standard InChI is InChI=1S/C25H20FN3O4/c26-17-10-8-15(9-11-17)22(30)20-19(18-7-4-14-33-18)21(25(32)29-13-12-27-23(20)29)28-24(31)16-5-2-1-3-6-16/h1-11,14,19,21,27H,12-13H2,(H,28,31). The molecule has 166 valence electrons. The van der Waals surface area contributed by atoms with E-state index in [-0.39, 0.29) is 22.8 Å². The summed E-state index contributed by atoms with van der Waals surface area (Å²) in [6.07, 6.45) is 1.45. The Kier molecular flexibility index (Phi) is 5.26. The third kappa shape index (κ3) is 3.69. The molecule has 7 nitrogen and oxygen atoms in total. The molecule has 0 aliphatic carbocycles. The Labute approximate surface area is 188 Å². The van der Waals surface area contributed by atoms with Crippen molar-refractivity contribution in [1.82, 2.24) is 15.5 Å². The van der Waals surface area contributed by atoms with Crippen molar-refractivity contribution in [3.05, 3.63) is 107 Å². The van der Waals surface area contributed by atoms with Crippen LogP contribution in [0.25, 0.3) is 0 Å². The molecule has 8 heteroatoms. The molecule has 3 aromatic rings. The fourth-order valence-electron chi connectivity index (χ4n) is 4.32. The van der Waals surface area contributed by atoms with Gasteiger partial charge in [-0.15, -0.1) is 0 Å². The monoisotopic (exact) mass is 445 g/mol. The zero-order chi connectivity index (χ0) is 22.9. The van der Waals surface area contributed by atoms with Gasteiger partial charge in [0.2, 0.25) is 0 Å². The molecule has 2 aromatic carbocycles. The quantitative estimate of drug-likeness (QED) is 0.590. The lowest BCUT2D eigenvalue weighted by molar-refractivity contribution is -0.132. The van der Waals surface area contributed by atoms with Crippen LogP contribution in [-0.2, 0) is 4.79 Å². The van der Waals surface area contributed by atoms with Gasteiger partial charge >= 0.3 is 0 Å². The van der Waals surface area contributed by atoms with Gasteiger partial charge in [-0.1, -0.05) is 18.2 Å². The van der Waals surface area contributed by atoms with E-state index in [0.717, 1.165) is 0 Å². The SMILES string of the molecule is O=C(NC1C(=O)N2CCNC2=C(C(=O)c2ccc(F)cc2)C1c1ccco1)c1ccccc1. The number of fused-ring (bicyclic) bond motifs is 1. The van der Waals surface area contributed by atoms with Gasteiger partial charge in [0.25, 0.3) is 11.8 Å². The second-order valence-electron chi connectivity index (χ2n) is 7.83. The number of amides is 2. The number of carbonyl (C=O) groups excluding carboxylic acids is 3. The zero-order valence-corrected chi connectivity index (χ0v) is 17.5. The summed E-state index contributed by atoms with van der Waals surface area (Å²) in [4.78, 5) is 41.6. The van der Waals surface area contributed by atoms with E-state index in [1.807, 2.05) is 0 Å². The molecule has 0 radical (unpaired) electrons. The molecule has 5 rings (SSSR count). The minimum absolute atomic E-state index is 0.270. The molecule has 33 heavy (non-hydrogen) atoms. The van der Waals surface area contributed by atoms with Gasteiger partial charge in [-0.05, 0) is 48.5 Å². The van der Waals surface area contributed by atoms with Crippen LogP contribution in [0, 0.1) is 5.82 Å². The van der Waals surface area contributed by atoms with Crippen LogP contribution >= 0.6 is 0 Å². The first-order valence-corrected chi connectivity index (χ1v) is 10.5. The van der Waals surface area contributed by atoms with Crippen molar-refractivity contribution in [3.8, 4) is 0 Å². The number of rotatable bonds is 5. The molecule has 2 aliphatic heterocycles. The minimum Gasteiger partial charge on any atom is -0.469 e. The van der Waals surface area contributed by atoms with Crippen LogP contribution in [0.1, 0.15) is 32.4 Å². The lowest BCUT2D eigenvalue weighted by atomic mass is 9.81. The van der Waals surface area contributed by atoms with Crippen molar-refractivity contribution in [3.63, 3.8) is 0 Å². The number of furan rings is 1. The Bertz CT molecular complexity index is 1240. The molecular weight excluding hydrogens is 425 g/mol. The van der Waals surface area contributed by atoms with E-state index >= 15 is 0 Å². The molecule has 2 aliphatic rings. The molecule has 2 amide bonds. The first-order chi connectivity index (χ1) is 16.0. The van der Waals surface area contributed by atoms with Gasteiger partial charge in [-0.2, -0.15) is 0 Å². The van der Waals surface area contributed by atoms with Crippen LogP contribution in [0.4, 0.5) is 4.39 Å². The number of ketones is 1. The van der Waals surface area contributed by atoms with E-state index in [1.54, 1.807) is 42.5 Å². The van der Waals surface area contributed by atoms with Crippen LogP contribution in [0.15, 0.2) is 88.8 Å². The number of halogens is 1. The van der Waals surface area contributed by atoms with Crippen molar-refractivity contribution in [2.75, 3.05) is 13.1 Å². The van der Waals surface area contributed by atoms with Crippen LogP contribution < -0.4 is 10.6 Å². The first kappa shape index (κ1) is 20.7. The predicted octanol–water partition coefficient (Wildman–Crippen LogP) is 2.84. The van der Waals surface area contributed by atoms with E-state index < -0.39 is 23.7 Å². The number of carbonyl (C=O) groups is 3. The highest BCUT2D eigenvalue weighted by atomic mass is 19.1. The molecule has 2 atom stereocenters. The molecule has 1 saturated heterocycles. The minimum atomic E-state index is -1.06. The summed E-state index contributed by atoms with van der Waals surface area (Å²) < 4.78 is 19.1. The molecule has 2 N–H and O–H groups in total. The fraction of sp³-hybridized carbons (Fsp3) is 0.160. The number of hydrogen-bond donors (Lipinski definition) is 2. The van der Waals surface area contributed by atoms with Gasteiger partial charge in [0, 0.05) is 24.2 Å². The number of Topliss-reactive ketones (excluding diaryl/α,β-unsaturated/α-hetero) is 1. The van der Waals surface area contributed by atoms with E-state index in [0.29, 0.717) is 30.2 Å². The summed E-state index contributed by atoms with van der Waals surface area (Å²) in [6, 6.07) is 16.0. The third-order valence-electron chi connectivity index (χ3n) is 5.85. The highest BCUT2D eigenvalue weighted by molar-refractivity contribution is 6.12. The maximum absolute atomic E-state index is 13.7. The number of nitrogens with one attached hydrogen (secondary N) is 2. The molecule has 3 heterocycles. The summed E-state index contributed by atoms with van der Waals surface area (Å²) in [5.41, 5.74) is 0.947. The van der Waals surface area contributed by atoms with Crippen molar-refractivity contribution in [2.45, 2.75) is 12.0 Å². The molecular formula is C25H20FN3O4. The summed E-state index contributed by atoms with van der Waals surface area (Å²) in [5.74, 6) is -1.72. The van der Waals surface area contributed by atoms with Gasteiger partial charge in [-0.25, -0.2) is 4.39 Å². The number of nitrogens with zero attached hydrogens (tertiary/aromatic N) is 1. The fourth-order valence-corrected chi connectivity index (χ4v) is 4.32. The lowest BCUT2D eigenvalue weighted by Gasteiger charge is -2.36. The van der Waals surface area contributed by atoms with Gasteiger partial charge in [0.05, 0.1) is 17.8 Å².